The van der Waals surface area contributed by atoms with Crippen molar-refractivity contribution in [3.8, 4) is 11.5 Å². The van der Waals surface area contributed by atoms with Crippen LogP contribution in [0.15, 0.2) is 42.5 Å². The summed E-state index contributed by atoms with van der Waals surface area (Å²) < 4.78 is 6.46. The van der Waals surface area contributed by atoms with Gasteiger partial charge in [0.15, 0.2) is 0 Å². The van der Waals surface area contributed by atoms with Crippen molar-refractivity contribution in [1.29, 1.82) is 0 Å². The molecule has 0 spiro atoms. The monoisotopic (exact) mass is 523 g/mol. The molecule has 8 heteroatoms. The molecule has 0 radical (unpaired) electrons. The summed E-state index contributed by atoms with van der Waals surface area (Å²) in [5.74, 6) is 1.20. The quantitative estimate of drug-likeness (QED) is 0.353. The molecule has 0 aromatic heterocycles. The van der Waals surface area contributed by atoms with Crippen molar-refractivity contribution in [1.82, 2.24) is 10.2 Å². The number of nitrogens with zero attached hydrogens (tertiary/aromatic N) is 1. The Morgan fingerprint density at radius 3 is 2.53 bits per heavy atom. The molecule has 2 amide bonds. The second-order valence-corrected chi connectivity index (χ2v) is 11.0. The zero-order valence-electron chi connectivity index (χ0n) is 22.5. The Labute approximate surface area is 225 Å². The molecular weight excluding hydrogens is 482 g/mol. The van der Waals surface area contributed by atoms with E-state index in [1.54, 1.807) is 0 Å². The number of ether oxygens (including phenoxy) is 1. The molecular formula is C30H41N3O5. The first-order chi connectivity index (χ1) is 18.2. The fraction of sp³-hybridized carbons (Fsp3) is 0.533. The first-order valence-corrected chi connectivity index (χ1v) is 13.8. The number of amides is 2. The zero-order valence-corrected chi connectivity index (χ0v) is 22.5. The summed E-state index contributed by atoms with van der Waals surface area (Å²) in [4.78, 5) is 26.3. The summed E-state index contributed by atoms with van der Waals surface area (Å²) in [5.41, 5.74) is 7.44. The second kappa shape index (κ2) is 12.2. The number of benzene rings is 2. The molecule has 2 aliphatic rings. The average molecular weight is 524 g/mol. The van der Waals surface area contributed by atoms with E-state index in [9.17, 15) is 14.7 Å². The van der Waals surface area contributed by atoms with E-state index >= 15 is 0 Å². The Morgan fingerprint density at radius 2 is 1.84 bits per heavy atom. The highest BCUT2D eigenvalue weighted by atomic mass is 16.5. The highest BCUT2D eigenvalue weighted by Crippen LogP contribution is 2.45. The number of carbonyl (C=O) groups is 2. The predicted octanol–water partition coefficient (Wildman–Crippen LogP) is 4.70. The van der Waals surface area contributed by atoms with Gasteiger partial charge in [-0.25, -0.2) is 4.79 Å². The van der Waals surface area contributed by atoms with E-state index in [4.69, 9.17) is 15.6 Å². The fourth-order valence-electron chi connectivity index (χ4n) is 6.16. The number of nitrogens with one attached hydrogen (secondary N) is 1. The largest absolute Gasteiger partial charge is 0.465 e. The Kier molecular flexibility index (Phi) is 8.95. The lowest BCUT2D eigenvalue weighted by atomic mass is 9.73. The van der Waals surface area contributed by atoms with Gasteiger partial charge < -0.3 is 30.9 Å². The molecule has 8 nitrogen and oxygen atoms in total. The topological polar surface area (TPSA) is 125 Å². The maximum Gasteiger partial charge on any atom is 0.404 e. The molecule has 1 aliphatic carbocycles. The molecule has 0 bridgehead atoms. The number of nitrogens with two attached hydrogens (primary N) is 1. The van der Waals surface area contributed by atoms with Crippen LogP contribution in [-0.4, -0.2) is 52.8 Å². The Hall–Kier alpha value is -3.10. The molecule has 1 heterocycles. The van der Waals surface area contributed by atoms with Crippen molar-refractivity contribution in [2.75, 3.05) is 19.6 Å². The number of carboxylic acid groups (broad SMARTS) is 1. The number of aryl methyl sites for hydroxylation is 2. The summed E-state index contributed by atoms with van der Waals surface area (Å²) in [6, 6.07) is 13.6. The van der Waals surface area contributed by atoms with Crippen LogP contribution in [0.2, 0.25) is 0 Å². The first kappa shape index (κ1) is 27.9. The second-order valence-electron chi connectivity index (χ2n) is 11.0. The molecule has 38 heavy (non-hydrogen) atoms. The maximum absolute atomic E-state index is 13.4. The zero-order chi connectivity index (χ0) is 27.3. The van der Waals surface area contributed by atoms with Crippen molar-refractivity contribution < 1.29 is 24.5 Å². The van der Waals surface area contributed by atoms with Gasteiger partial charge in [-0.3, -0.25) is 4.79 Å². The van der Waals surface area contributed by atoms with Crippen molar-refractivity contribution in [3.63, 3.8) is 0 Å². The highest BCUT2D eigenvalue weighted by Gasteiger charge is 2.44. The molecule has 5 N–H and O–H groups in total. The van der Waals surface area contributed by atoms with Crippen LogP contribution in [0.3, 0.4) is 0 Å². The van der Waals surface area contributed by atoms with Crippen LogP contribution in [-0.2, 0) is 10.4 Å². The van der Waals surface area contributed by atoms with Crippen LogP contribution < -0.4 is 15.8 Å². The number of likely N-dealkylation sites (tertiary alicyclic amines) is 1. The Bertz CT molecular complexity index is 1120. The van der Waals surface area contributed by atoms with Crippen LogP contribution in [0, 0.1) is 25.7 Å². The smallest absolute Gasteiger partial charge is 0.404 e. The van der Waals surface area contributed by atoms with Gasteiger partial charge in [-0.1, -0.05) is 36.4 Å². The van der Waals surface area contributed by atoms with Gasteiger partial charge in [-0.15, -0.1) is 0 Å². The van der Waals surface area contributed by atoms with E-state index in [1.807, 2.05) is 61.2 Å². The molecule has 2 aromatic carbocycles. The normalized spacial score (nSPS) is 23.1. The van der Waals surface area contributed by atoms with Gasteiger partial charge in [0.2, 0.25) is 5.91 Å². The lowest BCUT2D eigenvalue weighted by molar-refractivity contribution is -0.141. The fourth-order valence-corrected chi connectivity index (χ4v) is 6.16. The van der Waals surface area contributed by atoms with Crippen LogP contribution in [0.1, 0.15) is 61.6 Å². The van der Waals surface area contributed by atoms with Crippen LogP contribution in [0.5, 0.6) is 11.5 Å². The van der Waals surface area contributed by atoms with Crippen molar-refractivity contribution >= 4 is 12.0 Å². The lowest BCUT2D eigenvalue weighted by Crippen LogP contribution is -2.49. The number of rotatable bonds is 9. The molecule has 1 aliphatic heterocycles. The minimum Gasteiger partial charge on any atom is -0.465 e. The summed E-state index contributed by atoms with van der Waals surface area (Å²) in [6.45, 7) is 5.35. The van der Waals surface area contributed by atoms with Crippen LogP contribution in [0.4, 0.5) is 4.79 Å². The first-order valence-electron chi connectivity index (χ1n) is 13.8. The molecule has 4 unspecified atom stereocenters. The molecule has 1 saturated heterocycles. The molecule has 4 rings (SSSR count). The SMILES string of the molecule is Cc1cccc(C)c1Oc1ccccc1C(O)(CCCNC(=O)O)C1CCCN(C(=O)C2CCC(N)C2)C1. The molecule has 2 aromatic rings. The van der Waals surface area contributed by atoms with Gasteiger partial charge in [-0.2, -0.15) is 0 Å². The third kappa shape index (κ3) is 6.30. The van der Waals surface area contributed by atoms with E-state index in [2.05, 4.69) is 5.32 Å². The van der Waals surface area contributed by atoms with Gasteiger partial charge in [0.05, 0.1) is 5.60 Å². The van der Waals surface area contributed by atoms with Crippen molar-refractivity contribution in [2.45, 2.75) is 70.4 Å². The third-order valence-electron chi connectivity index (χ3n) is 8.22. The number of carbonyl (C=O) groups excluding carboxylic acids is 1. The van der Waals surface area contributed by atoms with Gasteiger partial charge >= 0.3 is 6.09 Å². The molecule has 1 saturated carbocycles. The van der Waals surface area contributed by atoms with E-state index in [0.29, 0.717) is 37.2 Å². The molecule has 4 atom stereocenters. The molecule has 2 fully saturated rings. The predicted molar refractivity (Wildman–Crippen MR) is 146 cm³/mol. The van der Waals surface area contributed by atoms with Crippen molar-refractivity contribution in [2.24, 2.45) is 17.6 Å². The molecule has 206 valence electrons. The van der Waals surface area contributed by atoms with E-state index in [1.165, 1.54) is 0 Å². The number of piperidine rings is 1. The Balaban J connectivity index is 1.64. The minimum atomic E-state index is -1.31. The maximum atomic E-state index is 13.4. The Morgan fingerprint density at radius 1 is 1.11 bits per heavy atom. The summed E-state index contributed by atoms with van der Waals surface area (Å²) >= 11 is 0. The van der Waals surface area contributed by atoms with Crippen molar-refractivity contribution in [3.05, 3.63) is 59.2 Å². The number of hydrogen-bond acceptors (Lipinski definition) is 5. The standard InChI is InChI=1S/C30H41N3O5/c1-20-8-5-9-21(2)27(20)38-26-12-4-3-11-25(26)30(37,15-7-16-32-29(35)36)23-10-6-17-33(19-23)28(34)22-13-14-24(31)18-22/h3-5,8-9,11-12,22-24,32,37H,6-7,10,13-19,31H2,1-2H3,(H,35,36). The number of para-hydroxylation sites is 2. The van der Waals surface area contributed by atoms with Gasteiger partial charge in [0.25, 0.3) is 0 Å². The van der Waals surface area contributed by atoms with E-state index < -0.39 is 11.7 Å². The van der Waals surface area contributed by atoms with Gasteiger partial charge in [0.1, 0.15) is 11.5 Å². The van der Waals surface area contributed by atoms with Gasteiger partial charge in [-0.05, 0) is 76.0 Å². The number of hydrogen-bond donors (Lipinski definition) is 4. The average Bonchev–Trinajstić information content (AvgIpc) is 3.34. The minimum absolute atomic E-state index is 0.0451. The summed E-state index contributed by atoms with van der Waals surface area (Å²) in [7, 11) is 0. The van der Waals surface area contributed by atoms with E-state index in [0.717, 1.165) is 49.0 Å². The summed E-state index contributed by atoms with van der Waals surface area (Å²) in [6.07, 6.45) is 3.66. The third-order valence-corrected chi connectivity index (χ3v) is 8.22. The highest BCUT2D eigenvalue weighted by molar-refractivity contribution is 5.79. The number of aliphatic hydroxyl groups is 1. The summed E-state index contributed by atoms with van der Waals surface area (Å²) in [5, 5.41) is 23.9. The van der Waals surface area contributed by atoms with E-state index in [-0.39, 0.29) is 30.3 Å². The lowest BCUT2D eigenvalue weighted by Gasteiger charge is -2.44. The van der Waals surface area contributed by atoms with Crippen LogP contribution in [0.25, 0.3) is 0 Å². The van der Waals surface area contributed by atoms with Crippen LogP contribution >= 0.6 is 0 Å². The van der Waals surface area contributed by atoms with Gasteiger partial charge in [0, 0.05) is 43.1 Å².